The first-order valence-electron chi connectivity index (χ1n) is 12.2. The molecule has 0 aliphatic carbocycles. The Kier molecular flexibility index (Phi) is 21.5. The van der Waals surface area contributed by atoms with Crippen molar-refractivity contribution in [2.75, 3.05) is 26.4 Å². The van der Waals surface area contributed by atoms with E-state index in [0.717, 1.165) is 12.8 Å². The molecule has 8 nitrogen and oxygen atoms in total. The largest absolute Gasteiger partial charge is 0.480 e. The molecule has 4 N–H and O–H groups in total. The highest BCUT2D eigenvalue weighted by Crippen LogP contribution is 2.42. The number of rotatable bonds is 24. The van der Waals surface area contributed by atoms with Gasteiger partial charge in [-0.1, -0.05) is 76.9 Å². The van der Waals surface area contributed by atoms with E-state index in [2.05, 4.69) is 23.6 Å². The molecule has 2 atom stereocenters. The molecule has 0 saturated heterocycles. The molecule has 190 valence electrons. The van der Waals surface area contributed by atoms with Crippen LogP contribution in [0.15, 0.2) is 12.2 Å². The summed E-state index contributed by atoms with van der Waals surface area (Å²) < 4.78 is 26.1. The molecular weight excluding hydrogens is 433 g/mol. The Bertz CT molecular complexity index is 517. The second-order valence-electron chi connectivity index (χ2n) is 8.09. The lowest BCUT2D eigenvalue weighted by atomic mass is 10.1. The van der Waals surface area contributed by atoms with Crippen molar-refractivity contribution < 1.29 is 33.1 Å². The number of aliphatic carboxylic acids is 1. The molecule has 0 spiro atoms. The minimum absolute atomic E-state index is 0.109. The Morgan fingerprint density at radius 2 is 1.38 bits per heavy atom. The summed E-state index contributed by atoms with van der Waals surface area (Å²) in [6, 6.07) is -1.37. The second-order valence-corrected chi connectivity index (χ2v) is 9.55. The summed E-state index contributed by atoms with van der Waals surface area (Å²) in [5, 5.41) is 8.59. The zero-order chi connectivity index (χ0) is 23.9. The first kappa shape index (κ1) is 31.2. The Morgan fingerprint density at radius 1 is 0.844 bits per heavy atom. The second kappa shape index (κ2) is 22.1. The van der Waals surface area contributed by atoms with Crippen molar-refractivity contribution in [1.29, 1.82) is 0 Å². The van der Waals surface area contributed by atoms with E-state index < -0.39 is 26.4 Å². The maximum Gasteiger partial charge on any atom is 0.472 e. The number of hydrogen-bond donors (Lipinski definition) is 3. The van der Waals surface area contributed by atoms with Crippen LogP contribution in [0.3, 0.4) is 0 Å². The van der Waals surface area contributed by atoms with Gasteiger partial charge >= 0.3 is 13.8 Å². The fourth-order valence-electron chi connectivity index (χ4n) is 3.05. The van der Waals surface area contributed by atoms with Gasteiger partial charge in [-0.15, -0.1) is 0 Å². The van der Waals surface area contributed by atoms with Gasteiger partial charge < -0.3 is 20.5 Å². The molecule has 0 aliphatic heterocycles. The third kappa shape index (κ3) is 22.4. The number of nitrogens with two attached hydrogens (primary N) is 1. The van der Waals surface area contributed by atoms with Crippen molar-refractivity contribution >= 4 is 13.8 Å². The molecule has 0 saturated carbocycles. The van der Waals surface area contributed by atoms with Crippen LogP contribution in [0.1, 0.15) is 96.8 Å². The molecule has 0 aromatic heterocycles. The normalized spacial score (nSPS) is 14.6. The lowest BCUT2D eigenvalue weighted by molar-refractivity contribution is -0.139. The zero-order valence-corrected chi connectivity index (χ0v) is 20.8. The number of allylic oxidation sites excluding steroid dienone is 2. The molecule has 0 aliphatic rings. The van der Waals surface area contributed by atoms with Gasteiger partial charge in [0.25, 0.3) is 0 Å². The van der Waals surface area contributed by atoms with E-state index in [9.17, 15) is 14.3 Å². The number of carboxylic acids is 1. The predicted octanol–water partition coefficient (Wildman–Crippen LogP) is 5.59. The van der Waals surface area contributed by atoms with Gasteiger partial charge in [0.1, 0.15) is 6.04 Å². The summed E-state index contributed by atoms with van der Waals surface area (Å²) in [7, 11) is -4.31. The van der Waals surface area contributed by atoms with Gasteiger partial charge in [-0.05, 0) is 32.1 Å². The van der Waals surface area contributed by atoms with Gasteiger partial charge in [-0.3, -0.25) is 13.8 Å². The number of carboxylic acid groups (broad SMARTS) is 1. The predicted molar refractivity (Wildman–Crippen MR) is 128 cm³/mol. The number of ether oxygens (including phenoxy) is 1. The standard InChI is InChI=1S/C23H46NO7P/c1-2-3-4-5-6-7-8-9-10-11-12-13-14-15-16-17-18-29-19-20-30-32(27,28)31-21-22(24)23(25)26/h9-10,22H,2-8,11-21,24H2,1H3,(H,25,26)(H,27,28)/b10-9-/t22-/m0/s1. The Balaban J connectivity index is 3.33. The van der Waals surface area contributed by atoms with Gasteiger partial charge in [0.2, 0.25) is 0 Å². The molecule has 0 heterocycles. The highest BCUT2D eigenvalue weighted by atomic mass is 31.2. The maximum absolute atomic E-state index is 11.5. The summed E-state index contributed by atoms with van der Waals surface area (Å²) in [4.78, 5) is 19.9. The number of carbonyl (C=O) groups is 1. The smallest absolute Gasteiger partial charge is 0.472 e. The maximum atomic E-state index is 11.5. The molecule has 0 fully saturated rings. The molecule has 0 aromatic carbocycles. The first-order valence-corrected chi connectivity index (χ1v) is 13.7. The Labute approximate surface area is 194 Å². The van der Waals surface area contributed by atoms with Crippen molar-refractivity contribution in [3.05, 3.63) is 12.2 Å². The molecule has 9 heteroatoms. The highest BCUT2D eigenvalue weighted by molar-refractivity contribution is 7.47. The third-order valence-electron chi connectivity index (χ3n) is 5.02. The number of hydrogen-bond acceptors (Lipinski definition) is 6. The zero-order valence-electron chi connectivity index (χ0n) is 19.9. The van der Waals surface area contributed by atoms with Crippen LogP contribution in [0.2, 0.25) is 0 Å². The fraction of sp³-hybridized carbons (Fsp3) is 0.870. The van der Waals surface area contributed by atoms with E-state index in [0.29, 0.717) is 6.61 Å². The molecule has 1 unspecified atom stereocenters. The van der Waals surface area contributed by atoms with Crippen LogP contribution in [0.25, 0.3) is 0 Å². The minimum atomic E-state index is -4.31. The number of phosphoric ester groups is 1. The third-order valence-corrected chi connectivity index (χ3v) is 6.00. The molecular formula is C23H46NO7P. The average molecular weight is 480 g/mol. The Morgan fingerprint density at radius 3 is 1.94 bits per heavy atom. The van der Waals surface area contributed by atoms with Crippen molar-refractivity contribution in [1.82, 2.24) is 0 Å². The summed E-state index contributed by atoms with van der Waals surface area (Å²) in [6.45, 7) is 2.29. The first-order chi connectivity index (χ1) is 15.4. The molecule has 0 rings (SSSR count). The van der Waals surface area contributed by atoms with E-state index in [-0.39, 0.29) is 13.2 Å². The summed E-state index contributed by atoms with van der Waals surface area (Å²) in [5.41, 5.74) is 5.19. The van der Waals surface area contributed by atoms with Gasteiger partial charge in [0.15, 0.2) is 0 Å². The van der Waals surface area contributed by atoms with E-state index in [1.54, 1.807) is 0 Å². The SMILES string of the molecule is CCCCCCCC/C=C\CCCCCCCCOCCOP(=O)(O)OC[C@H](N)C(=O)O. The molecule has 0 aromatic rings. The molecule has 32 heavy (non-hydrogen) atoms. The van der Waals surface area contributed by atoms with Crippen LogP contribution in [0.4, 0.5) is 0 Å². The van der Waals surface area contributed by atoms with Crippen LogP contribution in [-0.4, -0.2) is 48.4 Å². The van der Waals surface area contributed by atoms with Crippen molar-refractivity contribution in [3.8, 4) is 0 Å². The van der Waals surface area contributed by atoms with E-state index in [4.69, 9.17) is 20.1 Å². The van der Waals surface area contributed by atoms with Gasteiger partial charge in [-0.2, -0.15) is 0 Å². The van der Waals surface area contributed by atoms with Gasteiger partial charge in [-0.25, -0.2) is 4.57 Å². The van der Waals surface area contributed by atoms with E-state index >= 15 is 0 Å². The minimum Gasteiger partial charge on any atom is -0.480 e. The quantitative estimate of drug-likeness (QED) is 0.0929. The summed E-state index contributed by atoms with van der Waals surface area (Å²) in [5.74, 6) is -1.32. The summed E-state index contributed by atoms with van der Waals surface area (Å²) >= 11 is 0. The van der Waals surface area contributed by atoms with Crippen LogP contribution >= 0.6 is 7.82 Å². The fourth-order valence-corrected chi connectivity index (χ4v) is 3.78. The molecule has 0 bridgehead atoms. The van der Waals surface area contributed by atoms with Crippen LogP contribution in [0, 0.1) is 0 Å². The molecule has 0 amide bonds. The monoisotopic (exact) mass is 479 g/mol. The lowest BCUT2D eigenvalue weighted by Crippen LogP contribution is -2.34. The van der Waals surface area contributed by atoms with Crippen LogP contribution < -0.4 is 5.73 Å². The van der Waals surface area contributed by atoms with E-state index in [1.807, 2.05) is 0 Å². The summed E-state index contributed by atoms with van der Waals surface area (Å²) in [6.07, 6.45) is 22.2. The van der Waals surface area contributed by atoms with Crippen LogP contribution in [-0.2, 0) is 23.1 Å². The van der Waals surface area contributed by atoms with Crippen molar-refractivity contribution in [2.24, 2.45) is 5.73 Å². The molecule has 0 radical (unpaired) electrons. The van der Waals surface area contributed by atoms with Crippen molar-refractivity contribution in [3.63, 3.8) is 0 Å². The van der Waals surface area contributed by atoms with E-state index in [1.165, 1.54) is 77.0 Å². The number of phosphoric acid groups is 1. The van der Waals surface area contributed by atoms with Crippen molar-refractivity contribution in [2.45, 2.75) is 103 Å². The Hall–Kier alpha value is -0.760. The van der Waals surface area contributed by atoms with Gasteiger partial charge in [0, 0.05) is 6.61 Å². The van der Waals surface area contributed by atoms with Gasteiger partial charge in [0.05, 0.1) is 19.8 Å². The highest BCUT2D eigenvalue weighted by Gasteiger charge is 2.24. The van der Waals surface area contributed by atoms with Crippen LogP contribution in [0.5, 0.6) is 0 Å². The average Bonchev–Trinajstić information content (AvgIpc) is 2.76. The lowest BCUT2D eigenvalue weighted by Gasteiger charge is -2.13. The number of unbranched alkanes of at least 4 members (excludes halogenated alkanes) is 12. The topological polar surface area (TPSA) is 128 Å².